The van der Waals surface area contributed by atoms with Gasteiger partial charge in [-0.3, -0.25) is 10.3 Å². The molecule has 0 bridgehead atoms. The number of nitrogens with zero attached hydrogens (tertiary/aromatic N) is 5. The van der Waals surface area contributed by atoms with Crippen LogP contribution in [-0.2, 0) is 6.54 Å². The third-order valence-electron chi connectivity index (χ3n) is 5.05. The second-order valence-corrected chi connectivity index (χ2v) is 8.16. The van der Waals surface area contributed by atoms with Gasteiger partial charge in [-0.15, -0.1) is 11.8 Å². The molecule has 1 amide bonds. The molecule has 0 unspecified atom stereocenters. The zero-order valence-electron chi connectivity index (χ0n) is 17.5. The molecule has 0 aliphatic carbocycles. The van der Waals surface area contributed by atoms with Crippen LogP contribution in [0.4, 0.5) is 10.7 Å². The second kappa shape index (κ2) is 8.52. The second-order valence-electron chi connectivity index (χ2n) is 7.20. The normalized spacial score (nSPS) is 13.1. The zero-order chi connectivity index (χ0) is 22.1. The van der Waals surface area contributed by atoms with E-state index < -0.39 is 6.09 Å². The van der Waals surface area contributed by atoms with Gasteiger partial charge in [0, 0.05) is 23.1 Å². The Bertz CT molecular complexity index is 1210. The molecule has 0 saturated heterocycles. The fourth-order valence-corrected chi connectivity index (χ4v) is 4.67. The highest BCUT2D eigenvalue weighted by molar-refractivity contribution is 7.99. The van der Waals surface area contributed by atoms with E-state index in [0.29, 0.717) is 29.5 Å². The molecule has 0 radical (unpaired) electrons. The van der Waals surface area contributed by atoms with E-state index in [2.05, 4.69) is 20.3 Å². The molecule has 3 aromatic rings. The molecule has 11 heteroatoms. The van der Waals surface area contributed by atoms with E-state index in [1.807, 2.05) is 19.9 Å². The van der Waals surface area contributed by atoms with Crippen molar-refractivity contribution in [3.05, 3.63) is 34.3 Å². The molecular weight excluding hydrogens is 418 g/mol. The summed E-state index contributed by atoms with van der Waals surface area (Å²) in [6, 6.07) is 0. The minimum absolute atomic E-state index is 0.0173. The molecule has 0 saturated carbocycles. The molecule has 0 spiro atoms. The number of carbonyl (C=O) groups is 1. The van der Waals surface area contributed by atoms with Crippen molar-refractivity contribution >= 4 is 40.9 Å². The maximum atomic E-state index is 11.2. The number of nitrogens with two attached hydrogens (primary N) is 1. The van der Waals surface area contributed by atoms with Gasteiger partial charge in [0.2, 0.25) is 5.95 Å². The van der Waals surface area contributed by atoms with Gasteiger partial charge in [0.15, 0.2) is 5.65 Å². The molecule has 0 atom stereocenters. The molecule has 4 heterocycles. The van der Waals surface area contributed by atoms with Crippen molar-refractivity contribution in [3.8, 4) is 5.75 Å². The molecule has 3 aromatic heterocycles. The van der Waals surface area contributed by atoms with Crippen LogP contribution in [0.15, 0.2) is 16.8 Å². The van der Waals surface area contributed by atoms with Crippen molar-refractivity contribution in [2.24, 2.45) is 5.73 Å². The van der Waals surface area contributed by atoms with Gasteiger partial charge in [0.05, 0.1) is 30.4 Å². The summed E-state index contributed by atoms with van der Waals surface area (Å²) < 4.78 is 7.25. The highest BCUT2D eigenvalue weighted by Gasteiger charge is 2.23. The van der Waals surface area contributed by atoms with Crippen molar-refractivity contribution in [3.63, 3.8) is 0 Å². The maximum Gasteiger partial charge on any atom is 0.411 e. The fraction of sp³-hybridized carbons (Fsp3) is 0.350. The number of ether oxygens (including phenoxy) is 1. The van der Waals surface area contributed by atoms with E-state index in [4.69, 9.17) is 20.7 Å². The Labute approximate surface area is 182 Å². The summed E-state index contributed by atoms with van der Waals surface area (Å²) in [6.07, 6.45) is 3.32. The van der Waals surface area contributed by atoms with Gasteiger partial charge in [0.1, 0.15) is 10.8 Å². The van der Waals surface area contributed by atoms with Gasteiger partial charge in [-0.25, -0.2) is 14.5 Å². The number of anilines is 1. The third-order valence-corrected chi connectivity index (χ3v) is 6.14. The van der Waals surface area contributed by atoms with Crippen molar-refractivity contribution < 1.29 is 14.6 Å². The minimum atomic E-state index is -1.22. The quantitative estimate of drug-likeness (QED) is 0.492. The standard InChI is InChI=1S/C20H23N7O3S/c1-10-7-22-14(11(2)16(10)30-3)8-27-17-15-13(26-27)6-12(4-5-21)9-31-18(15)24-19(23-17)25-20(28)29/h6-7H,4-5,8-9,21H2,1-3H3,(H,28,29)(H,23,24,25). The molecular formula is C20H23N7O3S. The molecule has 0 fully saturated rings. The zero-order valence-corrected chi connectivity index (χ0v) is 18.3. The molecule has 31 heavy (non-hydrogen) atoms. The number of pyridine rings is 1. The van der Waals surface area contributed by atoms with Crippen LogP contribution in [-0.4, -0.2) is 55.3 Å². The van der Waals surface area contributed by atoms with Crippen LogP contribution in [0, 0.1) is 13.8 Å². The van der Waals surface area contributed by atoms with E-state index in [0.717, 1.165) is 45.6 Å². The smallest absolute Gasteiger partial charge is 0.411 e. The van der Waals surface area contributed by atoms with E-state index in [1.165, 1.54) is 11.8 Å². The monoisotopic (exact) mass is 441 g/mol. The lowest BCUT2D eigenvalue weighted by molar-refractivity contribution is 0.209. The van der Waals surface area contributed by atoms with Crippen LogP contribution in [0.1, 0.15) is 28.9 Å². The number of carboxylic acid groups (broad SMARTS) is 1. The number of amides is 1. The van der Waals surface area contributed by atoms with Crippen LogP contribution in [0.2, 0.25) is 0 Å². The summed E-state index contributed by atoms with van der Waals surface area (Å²) in [7, 11) is 1.64. The lowest BCUT2D eigenvalue weighted by Gasteiger charge is -2.13. The van der Waals surface area contributed by atoms with Gasteiger partial charge in [0.25, 0.3) is 0 Å². The molecule has 0 aromatic carbocycles. The topological polar surface area (TPSA) is 141 Å². The van der Waals surface area contributed by atoms with Gasteiger partial charge >= 0.3 is 6.09 Å². The number of rotatable bonds is 6. The number of nitrogens with one attached hydrogen (secondary N) is 1. The highest BCUT2D eigenvalue weighted by atomic mass is 32.2. The lowest BCUT2D eigenvalue weighted by atomic mass is 10.1. The Kier molecular flexibility index (Phi) is 5.79. The van der Waals surface area contributed by atoms with Gasteiger partial charge in [-0.1, -0.05) is 5.57 Å². The molecule has 1 aliphatic rings. The van der Waals surface area contributed by atoms with Crippen LogP contribution in [0.25, 0.3) is 17.1 Å². The summed E-state index contributed by atoms with van der Waals surface area (Å²) in [5, 5.41) is 17.7. The van der Waals surface area contributed by atoms with E-state index >= 15 is 0 Å². The first-order chi connectivity index (χ1) is 14.9. The van der Waals surface area contributed by atoms with Gasteiger partial charge in [-0.05, 0) is 32.9 Å². The molecule has 4 rings (SSSR count). The van der Waals surface area contributed by atoms with E-state index in [1.54, 1.807) is 18.0 Å². The van der Waals surface area contributed by atoms with Crippen molar-refractivity contribution in [1.82, 2.24) is 24.7 Å². The summed E-state index contributed by atoms with van der Waals surface area (Å²) in [4.78, 5) is 24.6. The van der Waals surface area contributed by atoms with Crippen molar-refractivity contribution in [2.45, 2.75) is 31.8 Å². The Balaban J connectivity index is 1.87. The first-order valence-corrected chi connectivity index (χ1v) is 10.7. The number of thioether (sulfide) groups is 1. The highest BCUT2D eigenvalue weighted by Crippen LogP contribution is 2.36. The number of methoxy groups -OCH3 is 1. The van der Waals surface area contributed by atoms with Gasteiger partial charge < -0.3 is 15.6 Å². The summed E-state index contributed by atoms with van der Waals surface area (Å²) in [5.74, 6) is 1.51. The Morgan fingerprint density at radius 3 is 2.90 bits per heavy atom. The van der Waals surface area contributed by atoms with Gasteiger partial charge in [-0.2, -0.15) is 10.1 Å². The van der Waals surface area contributed by atoms with E-state index in [-0.39, 0.29) is 5.95 Å². The summed E-state index contributed by atoms with van der Waals surface area (Å²) in [5.41, 5.74) is 10.9. The Morgan fingerprint density at radius 1 is 1.39 bits per heavy atom. The molecule has 162 valence electrons. The number of hydrogen-bond acceptors (Lipinski definition) is 8. The number of aromatic nitrogens is 5. The number of hydrogen-bond donors (Lipinski definition) is 3. The van der Waals surface area contributed by atoms with Crippen LogP contribution >= 0.6 is 11.8 Å². The van der Waals surface area contributed by atoms with Crippen LogP contribution in [0.5, 0.6) is 5.75 Å². The average Bonchev–Trinajstić information content (AvgIpc) is 2.95. The fourth-order valence-electron chi connectivity index (χ4n) is 3.63. The molecule has 1 aliphatic heterocycles. The minimum Gasteiger partial charge on any atom is -0.496 e. The maximum absolute atomic E-state index is 11.2. The Hall–Kier alpha value is -3.18. The third kappa shape index (κ3) is 4.06. The first kappa shape index (κ1) is 21.1. The predicted octanol–water partition coefficient (Wildman–Crippen LogP) is 2.82. The molecule has 4 N–H and O–H groups in total. The predicted molar refractivity (Wildman–Crippen MR) is 119 cm³/mol. The van der Waals surface area contributed by atoms with Crippen molar-refractivity contribution in [1.29, 1.82) is 0 Å². The lowest BCUT2D eigenvalue weighted by Crippen LogP contribution is -2.13. The largest absolute Gasteiger partial charge is 0.496 e. The average molecular weight is 442 g/mol. The first-order valence-electron chi connectivity index (χ1n) is 9.71. The van der Waals surface area contributed by atoms with Crippen molar-refractivity contribution in [2.75, 3.05) is 24.7 Å². The van der Waals surface area contributed by atoms with E-state index in [9.17, 15) is 4.79 Å². The number of aryl methyl sites for hydroxylation is 1. The van der Waals surface area contributed by atoms with Crippen LogP contribution in [0.3, 0.4) is 0 Å². The molecule has 10 nitrogen and oxygen atoms in total. The Morgan fingerprint density at radius 2 is 2.19 bits per heavy atom. The summed E-state index contributed by atoms with van der Waals surface area (Å²) >= 11 is 1.53. The SMILES string of the molecule is COc1c(C)cnc(Cn2nc3c4c(nc(NC(=O)O)nc42)SCC(CCN)=C3)c1C. The van der Waals surface area contributed by atoms with Crippen LogP contribution < -0.4 is 15.8 Å². The summed E-state index contributed by atoms with van der Waals surface area (Å²) in [6.45, 7) is 4.79.